The van der Waals surface area contributed by atoms with Crippen molar-refractivity contribution in [2.75, 3.05) is 38.7 Å². The molecule has 4 rings (SSSR count). The van der Waals surface area contributed by atoms with Gasteiger partial charge in [0.05, 0.1) is 21.6 Å². The summed E-state index contributed by atoms with van der Waals surface area (Å²) in [5, 5.41) is 20.1. The molecular weight excluding hydrogens is 513 g/mol. The van der Waals surface area contributed by atoms with Gasteiger partial charge < -0.3 is 9.74 Å². The standard InChI is InChI=1S/C23H29F3N6O4S/c1-22(2)13-30(9-10-31(22)29(3)16-7-5-15(6-8-16)28-36-4)21-27-20(33)17-11-14(23(24,25)26)12-18(32(34)35)19(17)37-21/h11-12,16H,5-10,13H2,1-4H3. The summed E-state index contributed by atoms with van der Waals surface area (Å²) in [4.78, 5) is 34.3. The number of fused-ring (bicyclic) bond motifs is 1. The number of hydrazine groups is 1. The lowest BCUT2D eigenvalue weighted by Gasteiger charge is -2.53. The molecule has 0 amide bonds. The van der Waals surface area contributed by atoms with Crippen LogP contribution in [0.25, 0.3) is 10.1 Å². The Bertz CT molecular complexity index is 1270. The van der Waals surface area contributed by atoms with Gasteiger partial charge in [0.1, 0.15) is 11.8 Å². The molecule has 10 nitrogen and oxygen atoms in total. The molecule has 0 bridgehead atoms. The normalized spacial score (nSPS) is 20.9. The van der Waals surface area contributed by atoms with Crippen LogP contribution in [-0.2, 0) is 11.0 Å². The molecule has 1 saturated heterocycles. The van der Waals surface area contributed by atoms with Gasteiger partial charge in [-0.25, -0.2) is 10.0 Å². The van der Waals surface area contributed by atoms with Crippen LogP contribution < -0.4 is 10.5 Å². The summed E-state index contributed by atoms with van der Waals surface area (Å²) in [6.45, 7) is 5.73. The maximum absolute atomic E-state index is 13.3. The quantitative estimate of drug-likeness (QED) is 0.408. The monoisotopic (exact) mass is 542 g/mol. The van der Waals surface area contributed by atoms with Crippen LogP contribution in [0.5, 0.6) is 0 Å². The van der Waals surface area contributed by atoms with E-state index >= 15 is 0 Å². The summed E-state index contributed by atoms with van der Waals surface area (Å²) in [6, 6.07) is 1.45. The van der Waals surface area contributed by atoms with Crippen LogP contribution >= 0.6 is 11.3 Å². The molecule has 0 unspecified atom stereocenters. The number of benzene rings is 1. The Labute approximate surface area is 215 Å². The maximum Gasteiger partial charge on any atom is 0.416 e. The number of aromatic nitrogens is 1. The van der Waals surface area contributed by atoms with E-state index in [1.54, 1.807) is 7.11 Å². The molecule has 1 aromatic heterocycles. The first-order valence-corrected chi connectivity index (χ1v) is 12.7. The van der Waals surface area contributed by atoms with Gasteiger partial charge in [0.25, 0.3) is 11.2 Å². The molecule has 1 aliphatic carbocycles. The van der Waals surface area contributed by atoms with Crippen molar-refractivity contribution in [3.63, 3.8) is 0 Å². The molecule has 2 fully saturated rings. The number of hydrogen-bond acceptors (Lipinski definition) is 10. The molecule has 2 aromatic rings. The number of nitrogens with zero attached hydrogens (tertiary/aromatic N) is 6. The lowest BCUT2D eigenvalue weighted by atomic mass is 9.93. The predicted octanol–water partition coefficient (Wildman–Crippen LogP) is 4.28. The molecule has 1 saturated carbocycles. The third-order valence-corrected chi connectivity index (χ3v) is 8.17. The number of oxime groups is 1. The van der Waals surface area contributed by atoms with E-state index in [0.717, 1.165) is 42.7 Å². The highest BCUT2D eigenvalue weighted by molar-refractivity contribution is 7.22. The van der Waals surface area contributed by atoms with Crippen LogP contribution in [0.15, 0.2) is 22.1 Å². The molecule has 0 radical (unpaired) electrons. The SMILES string of the molecule is CON=C1CCC(N(C)N2CCN(c3nc(=O)c4cc(C(F)(F)F)cc([N+](=O)[O-])c4s3)CC2(C)C)CC1. The summed E-state index contributed by atoms with van der Waals surface area (Å²) in [5.74, 6) is 0. The molecule has 37 heavy (non-hydrogen) atoms. The average molecular weight is 543 g/mol. The first-order valence-electron chi connectivity index (χ1n) is 11.9. The number of nitro groups is 1. The Hall–Kier alpha value is -2.84. The predicted molar refractivity (Wildman–Crippen MR) is 135 cm³/mol. The van der Waals surface area contributed by atoms with E-state index < -0.39 is 33.3 Å². The summed E-state index contributed by atoms with van der Waals surface area (Å²) in [5.41, 5.74) is -2.21. The number of anilines is 1. The fourth-order valence-electron chi connectivity index (χ4n) is 5.20. The molecule has 0 N–H and O–H groups in total. The second-order valence-electron chi connectivity index (χ2n) is 9.93. The van der Waals surface area contributed by atoms with Crippen LogP contribution in [0.2, 0.25) is 0 Å². The van der Waals surface area contributed by atoms with Crippen LogP contribution in [0.4, 0.5) is 24.0 Å². The Kier molecular flexibility index (Phi) is 7.45. The van der Waals surface area contributed by atoms with E-state index in [1.165, 1.54) is 0 Å². The maximum atomic E-state index is 13.3. The van der Waals surface area contributed by atoms with Crippen molar-refractivity contribution in [3.05, 3.63) is 38.2 Å². The third kappa shape index (κ3) is 5.55. The number of rotatable bonds is 5. The lowest BCUT2D eigenvalue weighted by molar-refractivity contribution is -0.383. The van der Waals surface area contributed by atoms with Gasteiger partial charge in [-0.15, -0.1) is 0 Å². The van der Waals surface area contributed by atoms with Gasteiger partial charge >= 0.3 is 6.18 Å². The molecular formula is C23H29F3N6O4S. The number of non-ortho nitro benzene ring substituents is 1. The zero-order chi connectivity index (χ0) is 27.1. The van der Waals surface area contributed by atoms with Crippen molar-refractivity contribution in [2.45, 2.75) is 57.3 Å². The molecule has 14 heteroatoms. The minimum Gasteiger partial charge on any atom is -0.399 e. The van der Waals surface area contributed by atoms with Crippen molar-refractivity contribution in [2.24, 2.45) is 5.16 Å². The van der Waals surface area contributed by atoms with E-state index in [0.29, 0.717) is 37.8 Å². The Morgan fingerprint density at radius 1 is 1.27 bits per heavy atom. The highest BCUT2D eigenvalue weighted by Crippen LogP contribution is 2.39. The van der Waals surface area contributed by atoms with Crippen molar-refractivity contribution in [1.29, 1.82) is 0 Å². The molecule has 2 heterocycles. The van der Waals surface area contributed by atoms with Crippen molar-refractivity contribution < 1.29 is 22.9 Å². The van der Waals surface area contributed by atoms with Crippen LogP contribution in [0.3, 0.4) is 0 Å². The number of alkyl halides is 3. The summed E-state index contributed by atoms with van der Waals surface area (Å²) < 4.78 is 39.7. The molecule has 0 atom stereocenters. The third-order valence-electron chi connectivity index (χ3n) is 7.00. The molecule has 1 aliphatic heterocycles. The van der Waals surface area contributed by atoms with Gasteiger partial charge in [0.15, 0.2) is 5.13 Å². The Morgan fingerprint density at radius 3 is 2.51 bits per heavy atom. The first-order chi connectivity index (χ1) is 17.3. The van der Waals surface area contributed by atoms with E-state index in [4.69, 9.17) is 4.84 Å². The Morgan fingerprint density at radius 2 is 1.95 bits per heavy atom. The summed E-state index contributed by atoms with van der Waals surface area (Å²) >= 11 is 0.874. The fraction of sp³-hybridized carbons (Fsp3) is 0.609. The van der Waals surface area contributed by atoms with E-state index in [2.05, 4.69) is 41.1 Å². The van der Waals surface area contributed by atoms with Crippen LogP contribution in [0.1, 0.15) is 45.1 Å². The number of nitro benzene ring substituents is 1. The second kappa shape index (κ2) is 10.1. The number of hydrogen-bond donors (Lipinski definition) is 0. The zero-order valence-corrected chi connectivity index (χ0v) is 21.9. The van der Waals surface area contributed by atoms with Gasteiger partial charge in [0.2, 0.25) is 0 Å². The largest absolute Gasteiger partial charge is 0.416 e. The van der Waals surface area contributed by atoms with E-state index in [1.807, 2.05) is 4.90 Å². The van der Waals surface area contributed by atoms with E-state index in [-0.39, 0.29) is 15.4 Å². The molecule has 2 aliphatic rings. The van der Waals surface area contributed by atoms with Crippen LogP contribution in [-0.4, -0.2) is 71.0 Å². The molecule has 202 valence electrons. The molecule has 0 spiro atoms. The van der Waals surface area contributed by atoms with Gasteiger partial charge in [0, 0.05) is 44.3 Å². The highest BCUT2D eigenvalue weighted by Gasteiger charge is 2.40. The fourth-order valence-corrected chi connectivity index (χ4v) is 6.29. The van der Waals surface area contributed by atoms with Crippen LogP contribution in [0, 0.1) is 10.1 Å². The van der Waals surface area contributed by atoms with Gasteiger partial charge in [-0.05, 0) is 45.6 Å². The minimum absolute atomic E-state index is 0.110. The van der Waals surface area contributed by atoms with Crippen molar-refractivity contribution >= 4 is 38.0 Å². The second-order valence-corrected chi connectivity index (χ2v) is 10.9. The summed E-state index contributed by atoms with van der Waals surface area (Å²) in [6.07, 6.45) is -1.18. The van der Waals surface area contributed by atoms with Gasteiger partial charge in [-0.2, -0.15) is 18.2 Å². The zero-order valence-electron chi connectivity index (χ0n) is 21.0. The van der Waals surface area contributed by atoms with Gasteiger partial charge in [-0.3, -0.25) is 14.9 Å². The first kappa shape index (κ1) is 27.2. The highest BCUT2D eigenvalue weighted by atomic mass is 32.1. The Balaban J connectivity index is 1.59. The van der Waals surface area contributed by atoms with Crippen molar-refractivity contribution in [3.8, 4) is 0 Å². The topological polar surface area (TPSA) is 104 Å². The summed E-state index contributed by atoms with van der Waals surface area (Å²) in [7, 11) is 3.61. The van der Waals surface area contributed by atoms with Crippen molar-refractivity contribution in [1.82, 2.24) is 15.0 Å². The minimum atomic E-state index is -4.82. The number of piperazine rings is 1. The van der Waals surface area contributed by atoms with Gasteiger partial charge in [-0.1, -0.05) is 16.5 Å². The average Bonchev–Trinajstić information content (AvgIpc) is 2.82. The smallest absolute Gasteiger partial charge is 0.399 e. The molecule has 1 aromatic carbocycles. The number of halogens is 3. The van der Waals surface area contributed by atoms with E-state index in [9.17, 15) is 28.1 Å². The lowest BCUT2D eigenvalue weighted by Crippen LogP contribution is -2.65.